The summed E-state index contributed by atoms with van der Waals surface area (Å²) in [6.45, 7) is 0.162. The molecule has 8 nitrogen and oxygen atoms in total. The zero-order valence-electron chi connectivity index (χ0n) is 20.1. The molecule has 6 rings (SSSR count). The van der Waals surface area contributed by atoms with Crippen molar-refractivity contribution in [3.63, 3.8) is 0 Å². The van der Waals surface area contributed by atoms with Crippen LogP contribution >= 0.6 is 27.3 Å². The van der Waals surface area contributed by atoms with E-state index in [1.54, 1.807) is 18.3 Å². The number of aliphatic carboxylic acids is 1. The van der Waals surface area contributed by atoms with Crippen molar-refractivity contribution in [3.05, 3.63) is 87.2 Å². The molecule has 10 heteroatoms. The number of benzene rings is 2. The number of ether oxygens (including phenoxy) is 1. The number of nitrogens with one attached hydrogen (secondary N) is 2. The van der Waals surface area contributed by atoms with Gasteiger partial charge in [0.2, 0.25) is 11.8 Å². The van der Waals surface area contributed by atoms with Gasteiger partial charge in [0.1, 0.15) is 17.9 Å². The first kappa shape index (κ1) is 24.8. The third-order valence-electron chi connectivity index (χ3n) is 7.50. The van der Waals surface area contributed by atoms with Crippen LogP contribution in [0.5, 0.6) is 5.75 Å². The second-order valence-electron chi connectivity index (χ2n) is 9.57. The van der Waals surface area contributed by atoms with Crippen LogP contribution in [0.2, 0.25) is 0 Å². The smallest absolute Gasteiger partial charge is 0.325 e. The maximum absolute atomic E-state index is 13.9. The highest BCUT2D eigenvalue weighted by atomic mass is 79.9. The van der Waals surface area contributed by atoms with E-state index in [0.29, 0.717) is 5.75 Å². The number of nitrogens with zero attached hydrogens (tertiary/aromatic N) is 1. The minimum Gasteiger partial charge on any atom is -0.492 e. The van der Waals surface area contributed by atoms with Crippen molar-refractivity contribution in [1.29, 1.82) is 0 Å². The van der Waals surface area contributed by atoms with E-state index in [2.05, 4.69) is 26.2 Å². The number of carbonyl (C=O) groups is 3. The van der Waals surface area contributed by atoms with Crippen LogP contribution in [-0.4, -0.2) is 51.5 Å². The fraction of sp³-hybridized carbons (Fsp3) is 0.250. The van der Waals surface area contributed by atoms with Crippen LogP contribution in [0, 0.1) is 11.8 Å². The third-order valence-corrected chi connectivity index (χ3v) is 9.21. The zero-order valence-corrected chi connectivity index (χ0v) is 22.5. The number of carboxylic acids is 1. The standard InChI is InChI=1S/C28H24BrN3O5S/c29-21-11-10-20(38-21)24-22-23(26(34)32(25(22)33)12-13-37-17-6-2-1-3-7-17)28(31-24,27(35)36)14-16-15-30-19-9-5-4-8-18(16)19/h1-11,15,22-24,30-31H,12-14H2,(H,35,36). The molecule has 38 heavy (non-hydrogen) atoms. The molecule has 0 radical (unpaired) electrons. The highest BCUT2D eigenvalue weighted by Gasteiger charge is 2.68. The Hall–Kier alpha value is -3.47. The number of H-pyrrole nitrogens is 1. The molecule has 4 aromatic rings. The Kier molecular flexibility index (Phi) is 6.33. The first-order valence-electron chi connectivity index (χ1n) is 12.2. The first-order valence-corrected chi connectivity index (χ1v) is 13.8. The highest BCUT2D eigenvalue weighted by molar-refractivity contribution is 9.11. The molecule has 2 aromatic carbocycles. The molecule has 2 fully saturated rings. The van der Waals surface area contributed by atoms with Gasteiger partial charge in [0, 0.05) is 28.4 Å². The number of rotatable bonds is 8. The Labute approximate surface area is 230 Å². The Balaban J connectivity index is 1.37. The molecule has 2 aliphatic rings. The van der Waals surface area contributed by atoms with E-state index in [0.717, 1.165) is 25.1 Å². The number of hydrogen-bond acceptors (Lipinski definition) is 6. The van der Waals surface area contributed by atoms with Gasteiger partial charge in [-0.3, -0.25) is 24.6 Å². The molecule has 0 saturated carbocycles. The lowest BCUT2D eigenvalue weighted by Gasteiger charge is -2.31. The molecule has 0 spiro atoms. The minimum absolute atomic E-state index is 0.0448. The van der Waals surface area contributed by atoms with Gasteiger partial charge < -0.3 is 14.8 Å². The average Bonchev–Trinajstić information content (AvgIpc) is 3.67. The van der Waals surface area contributed by atoms with Crippen LogP contribution in [0.4, 0.5) is 0 Å². The summed E-state index contributed by atoms with van der Waals surface area (Å²) in [4.78, 5) is 45.9. The Morgan fingerprint density at radius 1 is 1.05 bits per heavy atom. The Morgan fingerprint density at radius 2 is 1.82 bits per heavy atom. The predicted octanol–water partition coefficient (Wildman–Crippen LogP) is 4.38. The lowest BCUT2D eigenvalue weighted by atomic mass is 9.76. The van der Waals surface area contributed by atoms with E-state index in [4.69, 9.17) is 4.74 Å². The number of imide groups is 1. The summed E-state index contributed by atoms with van der Waals surface area (Å²) in [7, 11) is 0. The lowest BCUT2D eigenvalue weighted by Crippen LogP contribution is -2.57. The summed E-state index contributed by atoms with van der Waals surface area (Å²) in [5.41, 5.74) is -0.0170. The Morgan fingerprint density at radius 3 is 2.55 bits per heavy atom. The summed E-state index contributed by atoms with van der Waals surface area (Å²) in [6.07, 6.45) is 1.83. The molecule has 2 amide bonds. The summed E-state index contributed by atoms with van der Waals surface area (Å²) < 4.78 is 6.61. The molecule has 4 heterocycles. The van der Waals surface area contributed by atoms with Gasteiger partial charge in [0.15, 0.2) is 0 Å². The quantitative estimate of drug-likeness (QED) is 0.261. The number of carbonyl (C=O) groups excluding carboxylic acids is 2. The fourth-order valence-corrected chi connectivity index (χ4v) is 7.33. The minimum atomic E-state index is -1.67. The van der Waals surface area contributed by atoms with Crippen LogP contribution in [0.15, 0.2) is 76.7 Å². The van der Waals surface area contributed by atoms with Gasteiger partial charge in [-0.1, -0.05) is 36.4 Å². The molecule has 4 unspecified atom stereocenters. The van der Waals surface area contributed by atoms with Crippen molar-refractivity contribution in [2.75, 3.05) is 13.2 Å². The van der Waals surface area contributed by atoms with E-state index in [1.165, 1.54) is 16.2 Å². The Bertz CT molecular complexity index is 1540. The van der Waals surface area contributed by atoms with Gasteiger partial charge in [-0.25, -0.2) is 0 Å². The van der Waals surface area contributed by atoms with E-state index in [-0.39, 0.29) is 25.5 Å². The molecule has 3 N–H and O–H groups in total. The number of fused-ring (bicyclic) bond motifs is 2. The number of aromatic amines is 1. The average molecular weight is 594 g/mol. The van der Waals surface area contributed by atoms with Crippen molar-refractivity contribution < 1.29 is 24.2 Å². The van der Waals surface area contributed by atoms with Crippen molar-refractivity contribution in [1.82, 2.24) is 15.2 Å². The van der Waals surface area contributed by atoms with E-state index in [9.17, 15) is 19.5 Å². The maximum Gasteiger partial charge on any atom is 0.325 e. The number of aromatic nitrogens is 1. The van der Waals surface area contributed by atoms with E-state index >= 15 is 0 Å². The molecule has 0 aliphatic carbocycles. The van der Waals surface area contributed by atoms with Crippen molar-refractivity contribution in [3.8, 4) is 5.75 Å². The number of amides is 2. The summed E-state index contributed by atoms with van der Waals surface area (Å²) in [5, 5.41) is 14.8. The lowest BCUT2D eigenvalue weighted by molar-refractivity contribution is -0.151. The second kappa shape index (κ2) is 9.68. The van der Waals surface area contributed by atoms with Crippen LogP contribution < -0.4 is 10.1 Å². The molecule has 2 aromatic heterocycles. The third kappa shape index (κ3) is 4.03. The van der Waals surface area contributed by atoms with Gasteiger partial charge in [0.25, 0.3) is 0 Å². The van der Waals surface area contributed by atoms with Crippen LogP contribution in [0.25, 0.3) is 10.9 Å². The van der Waals surface area contributed by atoms with Crippen molar-refractivity contribution in [2.45, 2.75) is 18.0 Å². The molecular weight excluding hydrogens is 570 g/mol. The van der Waals surface area contributed by atoms with Crippen molar-refractivity contribution >= 4 is 56.0 Å². The predicted molar refractivity (Wildman–Crippen MR) is 146 cm³/mol. The largest absolute Gasteiger partial charge is 0.492 e. The number of carboxylic acid groups (broad SMARTS) is 1. The normalized spacial score (nSPS) is 24.8. The monoisotopic (exact) mass is 593 g/mol. The van der Waals surface area contributed by atoms with E-state index < -0.39 is 35.3 Å². The van der Waals surface area contributed by atoms with Crippen LogP contribution in [-0.2, 0) is 20.8 Å². The van der Waals surface area contributed by atoms with Gasteiger partial charge >= 0.3 is 5.97 Å². The summed E-state index contributed by atoms with van der Waals surface area (Å²) in [5.74, 6) is -3.28. The number of halogens is 1. The summed E-state index contributed by atoms with van der Waals surface area (Å²) in [6, 6.07) is 19.9. The van der Waals surface area contributed by atoms with Crippen LogP contribution in [0.1, 0.15) is 16.5 Å². The van der Waals surface area contributed by atoms with Crippen LogP contribution in [0.3, 0.4) is 0 Å². The van der Waals surface area contributed by atoms with Gasteiger partial charge in [-0.15, -0.1) is 11.3 Å². The topological polar surface area (TPSA) is 112 Å². The van der Waals surface area contributed by atoms with E-state index in [1.807, 2.05) is 54.6 Å². The molecular formula is C28H24BrN3O5S. The molecule has 0 bridgehead atoms. The molecule has 194 valence electrons. The number of thiophene rings is 1. The van der Waals surface area contributed by atoms with Gasteiger partial charge in [-0.2, -0.15) is 0 Å². The fourth-order valence-electron chi connectivity index (χ4n) is 5.81. The maximum atomic E-state index is 13.9. The number of hydrogen-bond donors (Lipinski definition) is 3. The molecule has 2 saturated heterocycles. The highest BCUT2D eigenvalue weighted by Crippen LogP contribution is 2.51. The first-order chi connectivity index (χ1) is 18.4. The number of likely N-dealkylation sites (tertiary alicyclic amines) is 1. The molecule has 4 atom stereocenters. The van der Waals surface area contributed by atoms with Gasteiger partial charge in [0.05, 0.1) is 28.2 Å². The zero-order chi connectivity index (χ0) is 26.4. The number of para-hydroxylation sites is 2. The second-order valence-corrected chi connectivity index (χ2v) is 12.1. The molecule has 2 aliphatic heterocycles. The van der Waals surface area contributed by atoms with Gasteiger partial charge in [-0.05, 0) is 51.8 Å². The SMILES string of the molecule is O=C1C2C(c3ccc(Br)s3)NC(Cc3c[nH]c4ccccc34)(C(=O)O)C2C(=O)N1CCOc1ccccc1. The van der Waals surface area contributed by atoms with Crippen molar-refractivity contribution in [2.24, 2.45) is 11.8 Å². The summed E-state index contributed by atoms with van der Waals surface area (Å²) >= 11 is 4.90.